The van der Waals surface area contributed by atoms with E-state index in [0.717, 1.165) is 0 Å². The zero-order valence-corrected chi connectivity index (χ0v) is 12.3. The molecule has 0 saturated heterocycles. The number of aromatic amines is 1. The number of nitrogens with one attached hydrogen (secondary N) is 1. The van der Waals surface area contributed by atoms with E-state index in [1.807, 2.05) is 6.07 Å². The highest BCUT2D eigenvalue weighted by atomic mass is 16.6. The van der Waals surface area contributed by atoms with Gasteiger partial charge in [0.1, 0.15) is 11.6 Å². The normalized spacial score (nSPS) is 10.1. The van der Waals surface area contributed by atoms with E-state index in [1.165, 1.54) is 12.1 Å². The number of nitro benzene ring substituents is 1. The van der Waals surface area contributed by atoms with Crippen LogP contribution in [0.2, 0.25) is 0 Å². The van der Waals surface area contributed by atoms with Crippen molar-refractivity contribution in [1.29, 1.82) is 5.26 Å². The molecule has 0 radical (unpaired) electrons. The number of hydrogen-bond acceptors (Lipinski definition) is 5. The zero-order chi connectivity index (χ0) is 17.1. The molecule has 116 valence electrons. The topological polar surface area (TPSA) is 113 Å². The Balaban J connectivity index is 2.17. The monoisotopic (exact) mass is 318 g/mol. The van der Waals surface area contributed by atoms with E-state index in [2.05, 4.69) is 9.97 Å². The first-order valence-electron chi connectivity index (χ1n) is 6.93. The van der Waals surface area contributed by atoms with Gasteiger partial charge in [0, 0.05) is 41.3 Å². The number of hydrogen-bond donors (Lipinski definition) is 1. The lowest BCUT2D eigenvalue weighted by atomic mass is 10.0. The minimum absolute atomic E-state index is 0.00587. The van der Waals surface area contributed by atoms with Crippen LogP contribution in [0.15, 0.2) is 59.7 Å². The summed E-state index contributed by atoms with van der Waals surface area (Å²) in [5.74, 6) is 0. The maximum atomic E-state index is 12.2. The number of non-ortho nitro benzene ring substituents is 1. The van der Waals surface area contributed by atoms with Crippen molar-refractivity contribution < 1.29 is 4.92 Å². The van der Waals surface area contributed by atoms with Crippen LogP contribution in [-0.2, 0) is 0 Å². The molecule has 0 aliphatic carbocycles. The van der Waals surface area contributed by atoms with Crippen LogP contribution in [-0.4, -0.2) is 14.9 Å². The first-order valence-corrected chi connectivity index (χ1v) is 6.93. The molecule has 0 fully saturated rings. The fourth-order valence-corrected chi connectivity index (χ4v) is 2.34. The summed E-state index contributed by atoms with van der Waals surface area (Å²) in [4.78, 5) is 29.1. The van der Waals surface area contributed by atoms with Gasteiger partial charge in [-0.1, -0.05) is 6.07 Å². The first kappa shape index (κ1) is 15.1. The molecule has 0 saturated carbocycles. The quantitative estimate of drug-likeness (QED) is 0.589. The molecule has 1 aromatic carbocycles. The average molecular weight is 318 g/mol. The van der Waals surface area contributed by atoms with Crippen molar-refractivity contribution in [1.82, 2.24) is 9.97 Å². The van der Waals surface area contributed by atoms with E-state index in [0.29, 0.717) is 22.4 Å². The number of pyridine rings is 2. The van der Waals surface area contributed by atoms with Crippen molar-refractivity contribution in [2.45, 2.75) is 0 Å². The van der Waals surface area contributed by atoms with Crippen molar-refractivity contribution in [2.75, 3.05) is 0 Å². The van der Waals surface area contributed by atoms with Crippen LogP contribution in [0.3, 0.4) is 0 Å². The van der Waals surface area contributed by atoms with Crippen molar-refractivity contribution in [3.63, 3.8) is 0 Å². The molecule has 3 aromatic rings. The van der Waals surface area contributed by atoms with E-state index in [4.69, 9.17) is 0 Å². The van der Waals surface area contributed by atoms with Gasteiger partial charge in [-0.05, 0) is 29.8 Å². The second kappa shape index (κ2) is 6.14. The van der Waals surface area contributed by atoms with Gasteiger partial charge < -0.3 is 4.98 Å². The van der Waals surface area contributed by atoms with Crippen molar-refractivity contribution in [3.05, 3.63) is 80.9 Å². The molecule has 0 aliphatic rings. The Morgan fingerprint density at radius 1 is 1.17 bits per heavy atom. The molecular weight excluding hydrogens is 308 g/mol. The molecular formula is C17H10N4O3. The van der Waals surface area contributed by atoms with Crippen LogP contribution < -0.4 is 5.56 Å². The minimum atomic E-state index is -0.521. The maximum absolute atomic E-state index is 12.2. The second-order valence-corrected chi connectivity index (χ2v) is 4.96. The Labute approximate surface area is 136 Å². The van der Waals surface area contributed by atoms with Gasteiger partial charge in [-0.15, -0.1) is 0 Å². The first-order chi connectivity index (χ1) is 11.6. The van der Waals surface area contributed by atoms with Crippen LogP contribution in [0.1, 0.15) is 5.56 Å². The van der Waals surface area contributed by atoms with E-state index in [9.17, 15) is 20.2 Å². The molecule has 0 spiro atoms. The van der Waals surface area contributed by atoms with Gasteiger partial charge in [0.25, 0.3) is 11.2 Å². The summed E-state index contributed by atoms with van der Waals surface area (Å²) in [6, 6.07) is 12.8. The van der Waals surface area contributed by atoms with E-state index >= 15 is 0 Å². The number of benzene rings is 1. The summed E-state index contributed by atoms with van der Waals surface area (Å²) in [5.41, 5.74) is 1.61. The van der Waals surface area contributed by atoms with Crippen LogP contribution in [0.4, 0.5) is 5.69 Å². The summed E-state index contributed by atoms with van der Waals surface area (Å²) in [5, 5.41) is 20.0. The smallest absolute Gasteiger partial charge is 0.269 e. The summed E-state index contributed by atoms with van der Waals surface area (Å²) in [6.07, 6.45) is 3.16. The Hall–Kier alpha value is -3.79. The Morgan fingerprint density at radius 3 is 2.50 bits per heavy atom. The molecule has 7 heteroatoms. The highest BCUT2D eigenvalue weighted by molar-refractivity contribution is 5.74. The van der Waals surface area contributed by atoms with Gasteiger partial charge in [0.2, 0.25) is 0 Å². The summed E-state index contributed by atoms with van der Waals surface area (Å²) in [6.45, 7) is 0. The SMILES string of the molecule is N#Cc1c(-c2cccnc2)cc(-c2ccc([N+](=O)[O-])cc2)[nH]c1=O. The fraction of sp³-hybridized carbons (Fsp3) is 0. The highest BCUT2D eigenvalue weighted by Gasteiger charge is 2.13. The molecule has 0 atom stereocenters. The van der Waals surface area contributed by atoms with Crippen molar-refractivity contribution >= 4 is 5.69 Å². The number of aromatic nitrogens is 2. The van der Waals surface area contributed by atoms with Gasteiger partial charge in [-0.25, -0.2) is 0 Å². The Morgan fingerprint density at radius 2 is 1.92 bits per heavy atom. The molecule has 24 heavy (non-hydrogen) atoms. The van der Waals surface area contributed by atoms with Gasteiger partial charge in [-0.3, -0.25) is 19.9 Å². The molecule has 2 heterocycles. The standard InChI is InChI=1S/C17H10N4O3/c18-9-15-14(12-2-1-7-19-10-12)8-16(20-17(15)22)11-3-5-13(6-4-11)21(23)24/h1-8,10H,(H,20,22). The summed E-state index contributed by atoms with van der Waals surface area (Å²) in [7, 11) is 0. The molecule has 0 amide bonds. The number of nitriles is 1. The Kier molecular flexibility index (Phi) is 3.87. The van der Waals surface area contributed by atoms with Crippen molar-refractivity contribution in [2.24, 2.45) is 0 Å². The number of nitro groups is 1. The molecule has 1 N–H and O–H groups in total. The molecule has 0 aliphatic heterocycles. The molecule has 7 nitrogen and oxygen atoms in total. The lowest BCUT2D eigenvalue weighted by Crippen LogP contribution is -2.12. The predicted molar refractivity (Wildman–Crippen MR) is 87.1 cm³/mol. The van der Waals surface area contributed by atoms with Gasteiger partial charge >= 0.3 is 0 Å². The van der Waals surface area contributed by atoms with Crippen LogP contribution >= 0.6 is 0 Å². The molecule has 3 rings (SSSR count). The van der Waals surface area contributed by atoms with Gasteiger partial charge in [-0.2, -0.15) is 5.26 Å². The predicted octanol–water partition coefficient (Wildman–Crippen LogP) is 2.88. The average Bonchev–Trinajstić information content (AvgIpc) is 2.62. The van der Waals surface area contributed by atoms with Gasteiger partial charge in [0.05, 0.1) is 4.92 Å². The third-order valence-electron chi connectivity index (χ3n) is 3.51. The van der Waals surface area contributed by atoms with Crippen LogP contribution in [0, 0.1) is 21.4 Å². The summed E-state index contributed by atoms with van der Waals surface area (Å²) < 4.78 is 0. The number of rotatable bonds is 3. The van der Waals surface area contributed by atoms with E-state index in [1.54, 1.807) is 42.7 Å². The Bertz CT molecular complexity index is 1000. The molecule has 0 unspecified atom stereocenters. The number of nitrogens with zero attached hydrogens (tertiary/aromatic N) is 3. The van der Waals surface area contributed by atoms with E-state index in [-0.39, 0.29) is 11.3 Å². The zero-order valence-electron chi connectivity index (χ0n) is 12.3. The van der Waals surface area contributed by atoms with Crippen LogP contribution in [0.25, 0.3) is 22.4 Å². The summed E-state index contributed by atoms with van der Waals surface area (Å²) >= 11 is 0. The molecule has 2 aromatic heterocycles. The minimum Gasteiger partial charge on any atom is -0.321 e. The lowest BCUT2D eigenvalue weighted by Gasteiger charge is -2.07. The van der Waals surface area contributed by atoms with E-state index < -0.39 is 10.5 Å². The van der Waals surface area contributed by atoms with Crippen molar-refractivity contribution in [3.8, 4) is 28.5 Å². The third-order valence-corrected chi connectivity index (χ3v) is 3.51. The lowest BCUT2D eigenvalue weighted by molar-refractivity contribution is -0.384. The second-order valence-electron chi connectivity index (χ2n) is 4.96. The highest BCUT2D eigenvalue weighted by Crippen LogP contribution is 2.26. The number of H-pyrrole nitrogens is 1. The maximum Gasteiger partial charge on any atom is 0.269 e. The third kappa shape index (κ3) is 2.76. The largest absolute Gasteiger partial charge is 0.321 e. The molecule has 0 bridgehead atoms. The van der Waals surface area contributed by atoms with Crippen LogP contribution in [0.5, 0.6) is 0 Å². The fourth-order valence-electron chi connectivity index (χ4n) is 2.34. The van der Waals surface area contributed by atoms with Gasteiger partial charge in [0.15, 0.2) is 0 Å².